The number of fused-ring (bicyclic) bond motifs is 1. The summed E-state index contributed by atoms with van der Waals surface area (Å²) < 4.78 is 5.87. The maximum absolute atomic E-state index is 10.6. The highest BCUT2D eigenvalue weighted by atomic mass is 16.5. The first-order valence-corrected chi connectivity index (χ1v) is 5.14. The monoisotopic (exact) mass is 202 g/mol. The molecule has 78 valence electrons. The topological polar surface area (TPSA) is 26.3 Å². The van der Waals surface area contributed by atoms with Gasteiger partial charge < -0.3 is 4.74 Å². The fraction of sp³-hybridized carbons (Fsp3) is 0.308. The van der Waals surface area contributed by atoms with Gasteiger partial charge in [0.25, 0.3) is 0 Å². The Bertz CT molecular complexity index is 421. The molecule has 2 heteroatoms. The van der Waals surface area contributed by atoms with Gasteiger partial charge in [0, 0.05) is 11.1 Å². The van der Waals surface area contributed by atoms with Gasteiger partial charge in [-0.2, -0.15) is 0 Å². The first-order valence-electron chi connectivity index (χ1n) is 5.14. The standard InChI is InChI=1S/C13H14O2/c1-3-13(2)7-6-11-8-10(9-14)4-5-12(11)15-13/h4-9H,3H2,1-2H3/t13-/m0/s1. The lowest BCUT2D eigenvalue weighted by atomic mass is 9.97. The van der Waals surface area contributed by atoms with Crippen molar-refractivity contribution in [1.82, 2.24) is 0 Å². The summed E-state index contributed by atoms with van der Waals surface area (Å²) >= 11 is 0. The number of rotatable bonds is 2. The van der Waals surface area contributed by atoms with E-state index in [4.69, 9.17) is 4.74 Å². The van der Waals surface area contributed by atoms with Crippen molar-refractivity contribution < 1.29 is 9.53 Å². The van der Waals surface area contributed by atoms with Gasteiger partial charge in [-0.15, -0.1) is 0 Å². The van der Waals surface area contributed by atoms with Crippen LogP contribution in [0, 0.1) is 0 Å². The fourth-order valence-electron chi connectivity index (χ4n) is 1.60. The highest BCUT2D eigenvalue weighted by Crippen LogP contribution is 2.32. The lowest BCUT2D eigenvalue weighted by Crippen LogP contribution is -2.30. The van der Waals surface area contributed by atoms with E-state index in [1.807, 2.05) is 24.3 Å². The third-order valence-electron chi connectivity index (χ3n) is 2.83. The molecule has 1 aromatic rings. The zero-order chi connectivity index (χ0) is 10.9. The molecule has 1 heterocycles. The molecule has 1 aliphatic rings. The molecule has 2 rings (SSSR count). The lowest BCUT2D eigenvalue weighted by Gasteiger charge is -2.30. The largest absolute Gasteiger partial charge is 0.483 e. The summed E-state index contributed by atoms with van der Waals surface area (Å²) in [6.45, 7) is 4.15. The molecule has 15 heavy (non-hydrogen) atoms. The predicted molar refractivity (Wildman–Crippen MR) is 60.2 cm³/mol. The molecule has 2 nitrogen and oxygen atoms in total. The number of benzene rings is 1. The van der Waals surface area contributed by atoms with Crippen LogP contribution in [0.2, 0.25) is 0 Å². The minimum absolute atomic E-state index is 0.213. The smallest absolute Gasteiger partial charge is 0.150 e. The van der Waals surface area contributed by atoms with Crippen molar-refractivity contribution in [3.63, 3.8) is 0 Å². The Morgan fingerprint density at radius 2 is 2.27 bits per heavy atom. The van der Waals surface area contributed by atoms with Crippen molar-refractivity contribution in [2.24, 2.45) is 0 Å². The van der Waals surface area contributed by atoms with Crippen molar-refractivity contribution in [3.05, 3.63) is 35.4 Å². The number of carbonyl (C=O) groups is 1. The number of hydrogen-bond donors (Lipinski definition) is 0. The van der Waals surface area contributed by atoms with Gasteiger partial charge in [0.15, 0.2) is 0 Å². The average Bonchev–Trinajstić information content (AvgIpc) is 2.28. The third-order valence-corrected chi connectivity index (χ3v) is 2.83. The number of hydrogen-bond acceptors (Lipinski definition) is 2. The maximum atomic E-state index is 10.6. The van der Waals surface area contributed by atoms with Crippen LogP contribution in [-0.2, 0) is 0 Å². The molecule has 1 aliphatic heterocycles. The molecule has 1 aromatic carbocycles. The molecule has 0 fully saturated rings. The van der Waals surface area contributed by atoms with Crippen molar-refractivity contribution in [3.8, 4) is 5.75 Å². The summed E-state index contributed by atoms with van der Waals surface area (Å²) in [6.07, 6.45) is 5.85. The van der Waals surface area contributed by atoms with Gasteiger partial charge in [-0.3, -0.25) is 4.79 Å². The van der Waals surface area contributed by atoms with Crippen molar-refractivity contribution >= 4 is 12.4 Å². The molecular weight excluding hydrogens is 188 g/mol. The molecule has 0 aromatic heterocycles. The van der Waals surface area contributed by atoms with Gasteiger partial charge in [-0.1, -0.05) is 13.0 Å². The van der Waals surface area contributed by atoms with Gasteiger partial charge in [-0.05, 0) is 37.6 Å². The number of ether oxygens (including phenoxy) is 1. The summed E-state index contributed by atoms with van der Waals surface area (Å²) in [5.41, 5.74) is 1.45. The first-order chi connectivity index (χ1) is 7.17. The lowest BCUT2D eigenvalue weighted by molar-refractivity contribution is 0.112. The normalized spacial score (nSPS) is 23.1. The Morgan fingerprint density at radius 1 is 1.47 bits per heavy atom. The Morgan fingerprint density at radius 3 is 2.93 bits per heavy atom. The molecule has 0 bridgehead atoms. The third kappa shape index (κ3) is 1.80. The van der Waals surface area contributed by atoms with E-state index < -0.39 is 0 Å². The van der Waals surface area contributed by atoms with E-state index in [9.17, 15) is 4.79 Å². The number of carbonyl (C=O) groups excluding carboxylic acids is 1. The number of aldehydes is 1. The molecule has 0 unspecified atom stereocenters. The molecule has 0 radical (unpaired) electrons. The quantitative estimate of drug-likeness (QED) is 0.689. The maximum Gasteiger partial charge on any atom is 0.150 e. The summed E-state index contributed by atoms with van der Waals surface area (Å²) in [7, 11) is 0. The van der Waals surface area contributed by atoms with Crippen molar-refractivity contribution in [2.45, 2.75) is 25.9 Å². The van der Waals surface area contributed by atoms with Crippen LogP contribution in [0.5, 0.6) is 5.75 Å². The van der Waals surface area contributed by atoms with Gasteiger partial charge in [-0.25, -0.2) is 0 Å². The van der Waals surface area contributed by atoms with Gasteiger partial charge in [0.05, 0.1) is 0 Å². The van der Waals surface area contributed by atoms with E-state index in [1.54, 1.807) is 6.07 Å². The summed E-state index contributed by atoms with van der Waals surface area (Å²) in [5.74, 6) is 0.854. The average molecular weight is 202 g/mol. The van der Waals surface area contributed by atoms with E-state index in [0.29, 0.717) is 5.56 Å². The van der Waals surface area contributed by atoms with Crippen molar-refractivity contribution in [1.29, 1.82) is 0 Å². The molecule has 0 N–H and O–H groups in total. The highest BCUT2D eigenvalue weighted by molar-refractivity contribution is 5.78. The zero-order valence-corrected chi connectivity index (χ0v) is 8.99. The van der Waals surface area contributed by atoms with Crippen LogP contribution in [0.1, 0.15) is 36.2 Å². The Labute approximate surface area is 89.6 Å². The highest BCUT2D eigenvalue weighted by Gasteiger charge is 2.24. The van der Waals surface area contributed by atoms with E-state index >= 15 is 0 Å². The van der Waals surface area contributed by atoms with Crippen LogP contribution in [0.25, 0.3) is 6.08 Å². The predicted octanol–water partition coefficient (Wildman–Crippen LogP) is 3.07. The molecule has 0 saturated carbocycles. The first kappa shape index (κ1) is 9.97. The second kappa shape index (κ2) is 3.54. The fourth-order valence-corrected chi connectivity index (χ4v) is 1.60. The second-order valence-corrected chi connectivity index (χ2v) is 4.02. The van der Waals surface area contributed by atoms with Crippen LogP contribution in [-0.4, -0.2) is 11.9 Å². The van der Waals surface area contributed by atoms with Gasteiger partial charge >= 0.3 is 0 Å². The second-order valence-electron chi connectivity index (χ2n) is 4.02. The van der Waals surface area contributed by atoms with Crippen LogP contribution >= 0.6 is 0 Å². The van der Waals surface area contributed by atoms with Crippen LogP contribution < -0.4 is 4.74 Å². The van der Waals surface area contributed by atoms with E-state index in [2.05, 4.69) is 13.8 Å². The van der Waals surface area contributed by atoms with Crippen LogP contribution in [0.4, 0.5) is 0 Å². The SMILES string of the molecule is CC[C@@]1(C)C=Cc2cc(C=O)ccc2O1. The molecule has 0 saturated heterocycles. The van der Waals surface area contributed by atoms with Crippen molar-refractivity contribution in [2.75, 3.05) is 0 Å². The van der Waals surface area contributed by atoms with E-state index in [0.717, 1.165) is 24.0 Å². The summed E-state index contributed by atoms with van der Waals surface area (Å²) in [6, 6.07) is 5.48. The van der Waals surface area contributed by atoms with Crippen LogP contribution in [0.15, 0.2) is 24.3 Å². The zero-order valence-electron chi connectivity index (χ0n) is 8.99. The molecule has 0 spiro atoms. The summed E-state index contributed by atoms with van der Waals surface area (Å²) in [5, 5.41) is 0. The molecular formula is C13H14O2. The van der Waals surface area contributed by atoms with E-state index in [-0.39, 0.29) is 5.60 Å². The van der Waals surface area contributed by atoms with Crippen LogP contribution in [0.3, 0.4) is 0 Å². The molecule has 1 atom stereocenters. The Kier molecular flexibility index (Phi) is 2.35. The van der Waals surface area contributed by atoms with Gasteiger partial charge in [0.1, 0.15) is 17.6 Å². The molecule has 0 aliphatic carbocycles. The summed E-state index contributed by atoms with van der Waals surface area (Å²) in [4.78, 5) is 10.6. The Balaban J connectivity index is 2.40. The van der Waals surface area contributed by atoms with Gasteiger partial charge in [0.2, 0.25) is 0 Å². The van der Waals surface area contributed by atoms with E-state index in [1.165, 1.54) is 0 Å². The minimum Gasteiger partial charge on any atom is -0.483 e. The molecule has 0 amide bonds. The Hall–Kier alpha value is -1.57. The minimum atomic E-state index is -0.213.